The van der Waals surface area contributed by atoms with Gasteiger partial charge in [-0.25, -0.2) is 13.2 Å². The van der Waals surface area contributed by atoms with E-state index in [1.807, 2.05) is 26.0 Å². The highest BCUT2D eigenvalue weighted by Crippen LogP contribution is 2.34. The average Bonchev–Trinajstić information content (AvgIpc) is 3.01. The van der Waals surface area contributed by atoms with Gasteiger partial charge >= 0.3 is 5.97 Å². The van der Waals surface area contributed by atoms with Crippen molar-refractivity contribution in [3.8, 4) is 0 Å². The minimum Gasteiger partial charge on any atom is -0.452 e. The Morgan fingerprint density at radius 1 is 1.17 bits per heavy atom. The number of sulfonamides is 1. The number of fused-ring (bicyclic) bond motifs is 1. The van der Waals surface area contributed by atoms with Crippen LogP contribution in [0.5, 0.6) is 0 Å². The maximum absolute atomic E-state index is 12.3. The maximum atomic E-state index is 12.3. The molecule has 0 bridgehead atoms. The second-order valence-electron chi connectivity index (χ2n) is 7.13. The first-order valence-corrected chi connectivity index (χ1v) is 11.2. The highest BCUT2D eigenvalue weighted by Gasteiger charge is 2.32. The topological polar surface area (TPSA) is 92.8 Å². The molecule has 0 saturated carbocycles. The van der Waals surface area contributed by atoms with Crippen molar-refractivity contribution in [3.05, 3.63) is 59.2 Å². The Labute approximate surface area is 170 Å². The molecule has 2 aromatic carbocycles. The Balaban J connectivity index is 1.61. The molecule has 1 amide bonds. The van der Waals surface area contributed by atoms with Crippen LogP contribution in [0.25, 0.3) is 0 Å². The number of carbonyl (C=O) groups is 2. The van der Waals surface area contributed by atoms with Gasteiger partial charge in [0, 0.05) is 11.7 Å². The zero-order chi connectivity index (χ0) is 21.2. The van der Waals surface area contributed by atoms with Crippen molar-refractivity contribution in [1.82, 2.24) is 0 Å². The van der Waals surface area contributed by atoms with Crippen molar-refractivity contribution in [2.45, 2.75) is 32.7 Å². The first-order chi connectivity index (χ1) is 13.7. The molecule has 1 atom stereocenters. The van der Waals surface area contributed by atoms with E-state index in [9.17, 15) is 18.0 Å². The highest BCUT2D eigenvalue weighted by molar-refractivity contribution is 7.92. The minimum atomic E-state index is -3.39. The lowest BCUT2D eigenvalue weighted by atomic mass is 10.1. The van der Waals surface area contributed by atoms with Crippen LogP contribution in [0.2, 0.25) is 0 Å². The van der Waals surface area contributed by atoms with Crippen molar-refractivity contribution in [2.75, 3.05) is 22.5 Å². The Bertz CT molecular complexity index is 1030. The highest BCUT2D eigenvalue weighted by atomic mass is 32.2. The van der Waals surface area contributed by atoms with Gasteiger partial charge in [-0.1, -0.05) is 19.1 Å². The van der Waals surface area contributed by atoms with Gasteiger partial charge in [0.25, 0.3) is 5.91 Å². The Morgan fingerprint density at radius 3 is 2.48 bits per heavy atom. The zero-order valence-corrected chi connectivity index (χ0v) is 17.5. The van der Waals surface area contributed by atoms with E-state index in [0.29, 0.717) is 17.8 Å². The molecule has 8 heteroatoms. The predicted molar refractivity (Wildman–Crippen MR) is 112 cm³/mol. The normalized spacial score (nSPS) is 15.7. The quantitative estimate of drug-likeness (QED) is 0.731. The van der Waals surface area contributed by atoms with Gasteiger partial charge in [-0.05, 0) is 61.2 Å². The van der Waals surface area contributed by atoms with Crippen molar-refractivity contribution >= 4 is 33.3 Å². The number of anilines is 2. The second-order valence-corrected chi connectivity index (χ2v) is 8.99. The van der Waals surface area contributed by atoms with Crippen LogP contribution in [0.15, 0.2) is 42.5 Å². The number of nitrogens with one attached hydrogen (secondary N) is 1. The van der Waals surface area contributed by atoms with Crippen LogP contribution in [0.3, 0.4) is 0 Å². The van der Waals surface area contributed by atoms with E-state index in [2.05, 4.69) is 5.32 Å². The lowest BCUT2D eigenvalue weighted by molar-refractivity contribution is -0.119. The summed E-state index contributed by atoms with van der Waals surface area (Å²) in [4.78, 5) is 24.3. The van der Waals surface area contributed by atoms with E-state index in [1.165, 1.54) is 10.4 Å². The molecule has 7 nitrogen and oxygen atoms in total. The third-order valence-corrected chi connectivity index (χ3v) is 6.08. The van der Waals surface area contributed by atoms with Crippen LogP contribution in [0.4, 0.5) is 11.4 Å². The van der Waals surface area contributed by atoms with E-state index in [-0.39, 0.29) is 11.6 Å². The maximum Gasteiger partial charge on any atom is 0.338 e. The molecule has 0 aliphatic carbocycles. The number of amides is 1. The molecule has 1 heterocycles. The van der Waals surface area contributed by atoms with E-state index in [0.717, 1.165) is 23.8 Å². The number of carbonyl (C=O) groups excluding carboxylic acids is 2. The molecule has 2 aromatic rings. The Hall–Kier alpha value is -2.87. The number of nitrogens with zero attached hydrogens (tertiary/aromatic N) is 1. The number of hydrogen-bond donors (Lipinski definition) is 1. The molecule has 154 valence electrons. The number of esters is 1. The Morgan fingerprint density at radius 2 is 1.86 bits per heavy atom. The molecule has 0 unspecified atom stereocenters. The largest absolute Gasteiger partial charge is 0.452 e. The fraction of sp³-hybridized carbons (Fsp3) is 0.333. The SMILES string of the molecule is CCc1ccc(NC(=O)COC(=O)c2ccc3c(c2)C[C@H](C)N3S(C)(=O)=O)cc1. The summed E-state index contributed by atoms with van der Waals surface area (Å²) < 4.78 is 30.4. The van der Waals surface area contributed by atoms with Crippen LogP contribution in [0, 0.1) is 0 Å². The van der Waals surface area contributed by atoms with Gasteiger partial charge < -0.3 is 10.1 Å². The predicted octanol–water partition coefficient (Wildman–Crippen LogP) is 2.76. The monoisotopic (exact) mass is 416 g/mol. The summed E-state index contributed by atoms with van der Waals surface area (Å²) in [6.07, 6.45) is 2.58. The van der Waals surface area contributed by atoms with Crippen LogP contribution < -0.4 is 9.62 Å². The summed E-state index contributed by atoms with van der Waals surface area (Å²) in [5, 5.41) is 2.68. The fourth-order valence-electron chi connectivity index (χ4n) is 3.47. The van der Waals surface area contributed by atoms with Gasteiger partial charge in [0.05, 0.1) is 17.5 Å². The average molecular weight is 416 g/mol. The lowest BCUT2D eigenvalue weighted by Crippen LogP contribution is -2.34. The second kappa shape index (κ2) is 8.24. The van der Waals surface area contributed by atoms with Gasteiger partial charge in [-0.3, -0.25) is 9.10 Å². The van der Waals surface area contributed by atoms with Crippen molar-refractivity contribution in [3.63, 3.8) is 0 Å². The van der Waals surface area contributed by atoms with Crippen molar-refractivity contribution in [1.29, 1.82) is 0 Å². The summed E-state index contributed by atoms with van der Waals surface area (Å²) in [5.74, 6) is -1.06. The number of aryl methyl sites for hydroxylation is 1. The van der Waals surface area contributed by atoms with Gasteiger partial charge in [-0.2, -0.15) is 0 Å². The van der Waals surface area contributed by atoms with Crippen LogP contribution in [-0.2, 0) is 32.4 Å². The van der Waals surface area contributed by atoms with Crippen molar-refractivity contribution < 1.29 is 22.7 Å². The number of hydrogen-bond acceptors (Lipinski definition) is 5. The molecule has 0 radical (unpaired) electrons. The van der Waals surface area contributed by atoms with E-state index < -0.39 is 28.5 Å². The van der Waals surface area contributed by atoms with Gasteiger partial charge in [0.15, 0.2) is 6.61 Å². The van der Waals surface area contributed by atoms with Gasteiger partial charge in [-0.15, -0.1) is 0 Å². The van der Waals surface area contributed by atoms with E-state index in [4.69, 9.17) is 4.74 Å². The molecule has 3 rings (SSSR count). The number of rotatable bonds is 6. The molecular formula is C21H24N2O5S. The molecule has 1 N–H and O–H groups in total. The molecule has 0 spiro atoms. The summed E-state index contributed by atoms with van der Waals surface area (Å²) >= 11 is 0. The number of benzene rings is 2. The minimum absolute atomic E-state index is 0.212. The van der Waals surface area contributed by atoms with Crippen molar-refractivity contribution in [2.24, 2.45) is 0 Å². The molecule has 0 fully saturated rings. The Kier molecular flexibility index (Phi) is 5.93. The van der Waals surface area contributed by atoms with E-state index in [1.54, 1.807) is 24.3 Å². The fourth-order valence-corrected chi connectivity index (χ4v) is 4.73. The zero-order valence-electron chi connectivity index (χ0n) is 16.6. The smallest absolute Gasteiger partial charge is 0.338 e. The summed E-state index contributed by atoms with van der Waals surface area (Å²) in [6.45, 7) is 3.46. The summed E-state index contributed by atoms with van der Waals surface area (Å²) in [6, 6.07) is 12.0. The standard InChI is InChI=1S/C21H24N2O5S/c1-4-15-5-8-18(9-6-15)22-20(24)13-28-21(25)16-7-10-19-17(12-16)11-14(2)23(19)29(3,26)27/h5-10,12,14H,4,11,13H2,1-3H3,(H,22,24)/t14-/m0/s1. The first kappa shape index (κ1) is 20.9. The summed E-state index contributed by atoms with van der Waals surface area (Å²) in [7, 11) is -3.39. The first-order valence-electron chi connectivity index (χ1n) is 9.37. The van der Waals surface area contributed by atoms with Crippen LogP contribution >= 0.6 is 0 Å². The molecule has 1 aliphatic heterocycles. The molecule has 0 aromatic heterocycles. The molecular weight excluding hydrogens is 392 g/mol. The third kappa shape index (κ3) is 4.76. The molecule has 0 saturated heterocycles. The van der Waals surface area contributed by atoms with Crippen LogP contribution in [0.1, 0.15) is 35.3 Å². The number of ether oxygens (including phenoxy) is 1. The lowest BCUT2D eigenvalue weighted by Gasteiger charge is -2.21. The van der Waals surface area contributed by atoms with Gasteiger partial charge in [0.1, 0.15) is 0 Å². The summed E-state index contributed by atoms with van der Waals surface area (Å²) in [5.41, 5.74) is 3.42. The third-order valence-electron chi connectivity index (χ3n) is 4.81. The van der Waals surface area contributed by atoms with Gasteiger partial charge in [0.2, 0.25) is 10.0 Å². The van der Waals surface area contributed by atoms with Crippen LogP contribution in [-0.4, -0.2) is 39.2 Å². The molecule has 1 aliphatic rings. The molecule has 29 heavy (non-hydrogen) atoms. The van der Waals surface area contributed by atoms with E-state index >= 15 is 0 Å².